The number of nitrogens with zero attached hydrogens (tertiary/aromatic N) is 1. The van der Waals surface area contributed by atoms with Crippen LogP contribution in [0.5, 0.6) is 0 Å². The smallest absolute Gasteiger partial charge is 0.260 e. The minimum absolute atomic E-state index is 0.0767. The van der Waals surface area contributed by atoms with Crippen LogP contribution in [0.4, 0.5) is 0 Å². The summed E-state index contributed by atoms with van der Waals surface area (Å²) in [5, 5.41) is 15.0. The third-order valence-electron chi connectivity index (χ3n) is 9.19. The van der Waals surface area contributed by atoms with E-state index >= 15 is 0 Å². The molecule has 0 bridgehead atoms. The Balaban J connectivity index is 3.47. The molecular weight excluding hydrogens is 855 g/mol. The number of nitrogens with one attached hydrogen (secondary N) is 4. The van der Waals surface area contributed by atoms with Crippen molar-refractivity contribution in [2.24, 2.45) is 28.5 Å². The number of oxime groups is 1. The predicted molar refractivity (Wildman–Crippen MR) is 241 cm³/mol. The summed E-state index contributed by atoms with van der Waals surface area (Å²) in [6.45, 7) is 12.7. The zero-order chi connectivity index (χ0) is 48.0. The topological polar surface area (TPSA) is 298 Å². The molecular formula is C43H81N7O15. The lowest BCUT2D eigenvalue weighted by molar-refractivity contribution is -0.126. The second-order valence-electron chi connectivity index (χ2n) is 15.0. The van der Waals surface area contributed by atoms with Crippen LogP contribution in [0.25, 0.3) is 0 Å². The van der Waals surface area contributed by atoms with Crippen LogP contribution in [0.2, 0.25) is 0 Å². The molecule has 22 heteroatoms. The second kappa shape index (κ2) is 45.1. The molecule has 22 nitrogen and oxygen atoms in total. The molecule has 0 aliphatic heterocycles. The lowest BCUT2D eigenvalue weighted by Gasteiger charge is -2.09. The van der Waals surface area contributed by atoms with Gasteiger partial charge in [-0.1, -0.05) is 31.8 Å². The number of hydrogen-bond acceptors (Lipinski definition) is 16. The highest BCUT2D eigenvalue weighted by molar-refractivity contribution is 5.86. The molecule has 0 heterocycles. The third-order valence-corrected chi connectivity index (χ3v) is 9.19. The van der Waals surface area contributed by atoms with E-state index in [1.54, 1.807) is 20.8 Å². The molecule has 0 saturated carbocycles. The average Bonchev–Trinajstić information content (AvgIpc) is 3.27. The van der Waals surface area contributed by atoms with Crippen molar-refractivity contribution in [1.29, 1.82) is 0 Å². The molecule has 6 amide bonds. The van der Waals surface area contributed by atoms with Gasteiger partial charge in [-0.25, -0.2) is 0 Å². The van der Waals surface area contributed by atoms with Crippen molar-refractivity contribution in [2.45, 2.75) is 85.0 Å². The molecule has 1 unspecified atom stereocenters. The van der Waals surface area contributed by atoms with Gasteiger partial charge in [0.05, 0.1) is 111 Å². The molecule has 0 aliphatic carbocycles. The van der Waals surface area contributed by atoms with Crippen LogP contribution in [-0.4, -0.2) is 180 Å². The first-order valence-electron chi connectivity index (χ1n) is 22.8. The van der Waals surface area contributed by atoms with Gasteiger partial charge >= 0.3 is 0 Å². The maximum absolute atomic E-state index is 12.1. The van der Waals surface area contributed by atoms with Gasteiger partial charge in [0.1, 0.15) is 0 Å². The van der Waals surface area contributed by atoms with E-state index in [0.717, 1.165) is 38.5 Å². The summed E-state index contributed by atoms with van der Waals surface area (Å²) in [6.07, 6.45) is 5.81. The maximum atomic E-state index is 12.1. The van der Waals surface area contributed by atoms with Crippen molar-refractivity contribution in [3.63, 3.8) is 0 Å². The van der Waals surface area contributed by atoms with Crippen LogP contribution in [0.15, 0.2) is 5.16 Å². The summed E-state index contributed by atoms with van der Waals surface area (Å²) >= 11 is 0. The van der Waals surface area contributed by atoms with Crippen LogP contribution in [0.1, 0.15) is 85.0 Å². The summed E-state index contributed by atoms with van der Waals surface area (Å²) in [4.78, 5) is 74.8. The van der Waals surface area contributed by atoms with Crippen LogP contribution in [-0.2, 0) is 71.5 Å². The van der Waals surface area contributed by atoms with Gasteiger partial charge in [0.2, 0.25) is 29.5 Å². The van der Waals surface area contributed by atoms with Crippen LogP contribution in [0, 0.1) is 11.8 Å². The van der Waals surface area contributed by atoms with Crippen molar-refractivity contribution in [1.82, 2.24) is 21.3 Å². The van der Waals surface area contributed by atoms with Crippen molar-refractivity contribution in [3.05, 3.63) is 0 Å². The van der Waals surface area contributed by atoms with Gasteiger partial charge in [-0.05, 0) is 39.0 Å². The number of carbonyl (C=O) groups excluding carboxylic acids is 6. The Morgan fingerprint density at radius 2 is 0.738 bits per heavy atom. The standard InChI is InChI=1S/C43H81N7O15/c1-35(42(44)55)8-4-6-14-46-39(52)12-18-57-22-26-61-30-32-63-28-24-59-20-16-48-38(51)11-10-37(3)50-65-34-41(54)49-17-21-60-25-29-64-33-31-62-27-23-58-19-13-40(53)47-15-7-5-9-36(2)43(45)56/h35-36H,4-34H2,1-3H3,(H2,44,55)(H2,45,56)(H,46,52)(H,47,53)(H,48,51)(H,49,54)/b50-37-/t35?,36-/m0/s1. The Hall–Kier alpha value is -4.03. The third kappa shape index (κ3) is 44.9. The first-order valence-corrected chi connectivity index (χ1v) is 22.8. The molecule has 0 aromatic carbocycles. The summed E-state index contributed by atoms with van der Waals surface area (Å²) in [5.74, 6) is -1.56. The fourth-order valence-electron chi connectivity index (χ4n) is 5.13. The van der Waals surface area contributed by atoms with Gasteiger partial charge in [-0.2, -0.15) is 0 Å². The highest BCUT2D eigenvalue weighted by Gasteiger charge is 2.10. The van der Waals surface area contributed by atoms with Crippen molar-refractivity contribution < 1.29 is 71.5 Å². The highest BCUT2D eigenvalue weighted by atomic mass is 16.6. The monoisotopic (exact) mass is 936 g/mol. The Morgan fingerprint density at radius 3 is 1.12 bits per heavy atom. The quantitative estimate of drug-likeness (QED) is 0.0268. The number of amides is 6. The van der Waals surface area contributed by atoms with Crippen molar-refractivity contribution in [3.8, 4) is 0 Å². The van der Waals surface area contributed by atoms with E-state index in [0.29, 0.717) is 144 Å². The summed E-state index contributed by atoms with van der Waals surface area (Å²) in [7, 11) is 0. The summed E-state index contributed by atoms with van der Waals surface area (Å²) in [5.41, 5.74) is 11.0. The molecule has 0 aromatic rings. The average molecular weight is 936 g/mol. The van der Waals surface area contributed by atoms with Gasteiger partial charge in [0, 0.05) is 57.3 Å². The Kier molecular flexibility index (Phi) is 42.3. The van der Waals surface area contributed by atoms with E-state index in [-0.39, 0.29) is 73.1 Å². The Morgan fingerprint density at radius 1 is 0.415 bits per heavy atom. The number of primary amides is 2. The number of rotatable bonds is 48. The molecule has 0 radical (unpaired) electrons. The highest BCUT2D eigenvalue weighted by Crippen LogP contribution is 2.07. The number of unbranched alkanes of at least 4 members (excludes halogenated alkanes) is 2. The summed E-state index contributed by atoms with van der Waals surface area (Å²) in [6, 6.07) is 0. The van der Waals surface area contributed by atoms with Gasteiger partial charge < -0.3 is 75.5 Å². The van der Waals surface area contributed by atoms with E-state index in [4.69, 9.17) is 54.2 Å². The predicted octanol–water partition coefficient (Wildman–Crippen LogP) is 0.120. The van der Waals surface area contributed by atoms with Crippen LogP contribution >= 0.6 is 0 Å². The van der Waals surface area contributed by atoms with E-state index in [1.165, 1.54) is 0 Å². The first-order chi connectivity index (χ1) is 31.4. The molecule has 0 aromatic heterocycles. The number of hydrogen-bond donors (Lipinski definition) is 6. The maximum Gasteiger partial charge on any atom is 0.260 e. The molecule has 65 heavy (non-hydrogen) atoms. The zero-order valence-corrected chi connectivity index (χ0v) is 39.3. The van der Waals surface area contributed by atoms with Gasteiger partial charge in [-0.15, -0.1) is 0 Å². The fourth-order valence-corrected chi connectivity index (χ4v) is 5.13. The molecule has 8 N–H and O–H groups in total. The van der Waals surface area contributed by atoms with Crippen molar-refractivity contribution in [2.75, 3.05) is 138 Å². The summed E-state index contributed by atoms with van der Waals surface area (Å²) < 4.78 is 43.5. The van der Waals surface area contributed by atoms with Gasteiger partial charge in [-0.3, -0.25) is 28.8 Å². The Labute approximate surface area is 385 Å². The molecule has 0 spiro atoms. The number of carbonyl (C=O) groups is 6. The largest absolute Gasteiger partial charge is 0.386 e. The molecule has 0 aliphatic rings. The molecule has 0 rings (SSSR count). The van der Waals surface area contributed by atoms with E-state index < -0.39 is 0 Å². The van der Waals surface area contributed by atoms with Crippen molar-refractivity contribution >= 4 is 41.2 Å². The normalized spacial score (nSPS) is 12.3. The van der Waals surface area contributed by atoms with E-state index in [9.17, 15) is 28.8 Å². The fraction of sp³-hybridized carbons (Fsp3) is 0.837. The lowest BCUT2D eigenvalue weighted by atomic mass is 10.0. The van der Waals surface area contributed by atoms with Gasteiger partial charge in [0.15, 0.2) is 6.61 Å². The number of nitrogens with two attached hydrogens (primary N) is 2. The molecule has 2 atom stereocenters. The van der Waals surface area contributed by atoms with Gasteiger partial charge in [0.25, 0.3) is 5.91 Å². The van der Waals surface area contributed by atoms with E-state index in [2.05, 4.69) is 26.4 Å². The minimum atomic E-state index is -0.349. The minimum Gasteiger partial charge on any atom is -0.386 e. The first kappa shape index (κ1) is 61.0. The van der Waals surface area contributed by atoms with E-state index in [1.807, 2.05) is 0 Å². The molecule has 0 saturated heterocycles. The van der Waals surface area contributed by atoms with Crippen LogP contribution < -0.4 is 32.7 Å². The molecule has 0 fully saturated rings. The SMILES string of the molecule is C/C(CCC(=O)NCCOCCOCCOCCOCCC(=O)NCCCCC(C)C(N)=O)=N/OCC(=O)NCCOCCOCCOCCOCCC(=O)NCCCC[C@H](C)C(N)=O. The lowest BCUT2D eigenvalue weighted by Crippen LogP contribution is -2.30. The zero-order valence-electron chi connectivity index (χ0n) is 39.3. The Bertz CT molecular complexity index is 1280. The molecule has 378 valence electrons. The second-order valence-corrected chi connectivity index (χ2v) is 15.0. The number of ether oxygens (including phenoxy) is 8. The van der Waals surface area contributed by atoms with Crippen LogP contribution in [0.3, 0.4) is 0 Å².